The Morgan fingerprint density at radius 3 is 2.24 bits per heavy atom. The minimum atomic E-state index is 0.000793. The molecule has 7 heteroatoms. The number of nitrogens with zero attached hydrogens (tertiary/aromatic N) is 5. The van der Waals surface area contributed by atoms with Crippen LogP contribution in [0.4, 0.5) is 16.3 Å². The van der Waals surface area contributed by atoms with Crippen LogP contribution in [0.5, 0.6) is 0 Å². The number of amides is 2. The number of pyridine rings is 1. The molecule has 2 amide bonds. The van der Waals surface area contributed by atoms with Gasteiger partial charge in [-0.15, -0.1) is 0 Å². The van der Waals surface area contributed by atoms with Crippen LogP contribution < -0.4 is 15.1 Å². The van der Waals surface area contributed by atoms with Crippen molar-refractivity contribution in [1.29, 1.82) is 0 Å². The highest BCUT2D eigenvalue weighted by molar-refractivity contribution is 5.74. The average molecular weight is 395 g/mol. The highest BCUT2D eigenvalue weighted by Gasteiger charge is 2.21. The lowest BCUT2D eigenvalue weighted by atomic mass is 10.2. The van der Waals surface area contributed by atoms with Crippen molar-refractivity contribution in [3.05, 3.63) is 54.2 Å². The van der Waals surface area contributed by atoms with Crippen molar-refractivity contribution in [3.63, 3.8) is 0 Å². The molecule has 2 aliphatic heterocycles. The molecule has 2 fully saturated rings. The third-order valence-corrected chi connectivity index (χ3v) is 5.77. The molecule has 0 saturated carbocycles. The molecule has 0 atom stereocenters. The van der Waals surface area contributed by atoms with Crippen molar-refractivity contribution in [2.45, 2.75) is 6.54 Å². The molecular weight excluding hydrogens is 364 g/mol. The van der Waals surface area contributed by atoms with Crippen LogP contribution in [-0.2, 0) is 6.54 Å². The summed E-state index contributed by atoms with van der Waals surface area (Å²) >= 11 is 0. The molecule has 0 unspecified atom stereocenters. The van der Waals surface area contributed by atoms with Crippen LogP contribution in [0.1, 0.15) is 5.56 Å². The fraction of sp³-hybridized carbons (Fsp3) is 0.455. The van der Waals surface area contributed by atoms with E-state index in [1.807, 2.05) is 17.2 Å². The number of carbonyl (C=O) groups is 1. The van der Waals surface area contributed by atoms with Crippen molar-refractivity contribution in [1.82, 2.24) is 20.1 Å². The minimum Gasteiger partial charge on any atom is -0.368 e. The van der Waals surface area contributed by atoms with E-state index >= 15 is 0 Å². The number of anilines is 2. The predicted molar refractivity (Wildman–Crippen MR) is 116 cm³/mol. The van der Waals surface area contributed by atoms with Crippen LogP contribution in [0.25, 0.3) is 0 Å². The summed E-state index contributed by atoms with van der Waals surface area (Å²) in [4.78, 5) is 26.0. The predicted octanol–water partition coefficient (Wildman–Crippen LogP) is 1.87. The van der Waals surface area contributed by atoms with E-state index in [0.29, 0.717) is 6.54 Å². The topological polar surface area (TPSA) is 55.0 Å². The molecule has 2 aliphatic rings. The molecule has 3 heterocycles. The van der Waals surface area contributed by atoms with Crippen molar-refractivity contribution < 1.29 is 4.79 Å². The zero-order chi connectivity index (χ0) is 20.1. The molecule has 0 spiro atoms. The van der Waals surface area contributed by atoms with Gasteiger partial charge in [0.25, 0.3) is 0 Å². The highest BCUT2D eigenvalue weighted by atomic mass is 16.2. The molecule has 154 valence electrons. The molecule has 0 aliphatic carbocycles. The SMILES string of the molecule is CN1CCN(c2ccc(CNC(=O)N3CCN(c4ccccc4)CC3)cn2)CC1. The summed E-state index contributed by atoms with van der Waals surface area (Å²) in [5.41, 5.74) is 2.25. The lowest BCUT2D eigenvalue weighted by Crippen LogP contribution is -2.51. The molecule has 7 nitrogen and oxygen atoms in total. The monoisotopic (exact) mass is 394 g/mol. The number of urea groups is 1. The Bertz CT molecular complexity index is 781. The van der Waals surface area contributed by atoms with Gasteiger partial charge in [-0.05, 0) is 30.8 Å². The maximum absolute atomic E-state index is 12.5. The largest absolute Gasteiger partial charge is 0.368 e. The molecule has 2 aromatic rings. The van der Waals surface area contributed by atoms with Crippen LogP contribution in [0.15, 0.2) is 48.7 Å². The van der Waals surface area contributed by atoms with Gasteiger partial charge in [-0.25, -0.2) is 9.78 Å². The second-order valence-electron chi connectivity index (χ2n) is 7.78. The first-order valence-corrected chi connectivity index (χ1v) is 10.4. The molecule has 29 heavy (non-hydrogen) atoms. The van der Waals surface area contributed by atoms with Gasteiger partial charge in [-0.1, -0.05) is 24.3 Å². The van der Waals surface area contributed by atoms with Gasteiger partial charge >= 0.3 is 6.03 Å². The van der Waals surface area contributed by atoms with E-state index in [1.54, 1.807) is 0 Å². The van der Waals surface area contributed by atoms with E-state index in [-0.39, 0.29) is 6.03 Å². The summed E-state index contributed by atoms with van der Waals surface area (Å²) in [6.45, 7) is 7.85. The first-order valence-electron chi connectivity index (χ1n) is 10.4. The number of carbonyl (C=O) groups excluding carboxylic acids is 1. The van der Waals surface area contributed by atoms with Gasteiger partial charge in [-0.2, -0.15) is 0 Å². The summed E-state index contributed by atoms with van der Waals surface area (Å²) in [6, 6.07) is 14.5. The van der Waals surface area contributed by atoms with E-state index < -0.39 is 0 Å². The molecule has 1 N–H and O–H groups in total. The summed E-state index contributed by atoms with van der Waals surface area (Å²) in [5, 5.41) is 3.04. The minimum absolute atomic E-state index is 0.000793. The lowest BCUT2D eigenvalue weighted by Gasteiger charge is -2.36. The standard InChI is InChI=1S/C22H30N6O/c1-25-9-11-27(12-10-25)21-8-7-19(17-23-21)18-24-22(29)28-15-13-26(14-16-28)20-5-3-2-4-6-20/h2-8,17H,9-16,18H2,1H3,(H,24,29). The van der Waals surface area contributed by atoms with Gasteiger partial charge in [0.15, 0.2) is 0 Å². The molecule has 1 aromatic carbocycles. The maximum atomic E-state index is 12.5. The fourth-order valence-corrected chi connectivity index (χ4v) is 3.84. The van der Waals surface area contributed by atoms with Crippen LogP contribution >= 0.6 is 0 Å². The van der Waals surface area contributed by atoms with E-state index in [1.165, 1.54) is 5.69 Å². The number of hydrogen-bond donors (Lipinski definition) is 1. The Morgan fingerprint density at radius 1 is 0.897 bits per heavy atom. The maximum Gasteiger partial charge on any atom is 0.317 e. The Labute approximate surface area is 172 Å². The Hall–Kier alpha value is -2.80. The van der Waals surface area contributed by atoms with Crippen LogP contribution in [0.2, 0.25) is 0 Å². The highest BCUT2D eigenvalue weighted by Crippen LogP contribution is 2.16. The zero-order valence-electron chi connectivity index (χ0n) is 17.1. The number of aromatic nitrogens is 1. The molecule has 4 rings (SSSR count). The number of likely N-dealkylation sites (N-methyl/N-ethyl adjacent to an activating group) is 1. The zero-order valence-corrected chi connectivity index (χ0v) is 17.1. The normalized spacial score (nSPS) is 18.0. The molecule has 2 saturated heterocycles. The summed E-state index contributed by atoms with van der Waals surface area (Å²) in [6.07, 6.45) is 1.88. The quantitative estimate of drug-likeness (QED) is 0.858. The second kappa shape index (κ2) is 9.13. The smallest absolute Gasteiger partial charge is 0.317 e. The fourth-order valence-electron chi connectivity index (χ4n) is 3.84. The first kappa shape index (κ1) is 19.5. The van der Waals surface area contributed by atoms with Crippen molar-refractivity contribution in [2.24, 2.45) is 0 Å². The van der Waals surface area contributed by atoms with Crippen LogP contribution in [-0.4, -0.2) is 80.2 Å². The number of para-hydroxylation sites is 1. The third-order valence-electron chi connectivity index (χ3n) is 5.77. The van der Waals surface area contributed by atoms with E-state index in [9.17, 15) is 4.79 Å². The van der Waals surface area contributed by atoms with E-state index in [0.717, 1.165) is 63.7 Å². The van der Waals surface area contributed by atoms with E-state index in [4.69, 9.17) is 0 Å². The summed E-state index contributed by atoms with van der Waals surface area (Å²) in [5.74, 6) is 1.02. The molecule has 0 bridgehead atoms. The van der Waals surface area contributed by atoms with Gasteiger partial charge in [-0.3, -0.25) is 0 Å². The number of nitrogens with one attached hydrogen (secondary N) is 1. The second-order valence-corrected chi connectivity index (χ2v) is 7.78. The summed E-state index contributed by atoms with van der Waals surface area (Å²) < 4.78 is 0. The number of benzene rings is 1. The molecular formula is C22H30N6O. The first-order chi connectivity index (χ1) is 14.2. The summed E-state index contributed by atoms with van der Waals surface area (Å²) in [7, 11) is 2.15. The van der Waals surface area contributed by atoms with Crippen molar-refractivity contribution >= 4 is 17.5 Å². The third kappa shape index (κ3) is 4.98. The van der Waals surface area contributed by atoms with Crippen molar-refractivity contribution in [2.75, 3.05) is 69.2 Å². The van der Waals surface area contributed by atoms with Gasteiger partial charge in [0.05, 0.1) is 0 Å². The number of rotatable bonds is 4. The number of hydrogen-bond acceptors (Lipinski definition) is 5. The van der Waals surface area contributed by atoms with E-state index in [2.05, 4.69) is 68.4 Å². The van der Waals surface area contributed by atoms with Gasteiger partial charge in [0, 0.05) is 70.8 Å². The van der Waals surface area contributed by atoms with Gasteiger partial charge in [0.2, 0.25) is 0 Å². The Kier molecular flexibility index (Phi) is 6.14. The van der Waals surface area contributed by atoms with Gasteiger partial charge in [0.1, 0.15) is 5.82 Å². The van der Waals surface area contributed by atoms with Crippen LogP contribution in [0.3, 0.4) is 0 Å². The number of piperazine rings is 2. The molecule has 1 aromatic heterocycles. The van der Waals surface area contributed by atoms with Gasteiger partial charge < -0.3 is 24.9 Å². The molecule has 0 radical (unpaired) electrons. The van der Waals surface area contributed by atoms with Crippen LogP contribution in [0, 0.1) is 0 Å². The Morgan fingerprint density at radius 2 is 1.59 bits per heavy atom. The Balaban J connectivity index is 1.23. The average Bonchev–Trinajstić information content (AvgIpc) is 2.79. The van der Waals surface area contributed by atoms with Crippen molar-refractivity contribution in [3.8, 4) is 0 Å². The lowest BCUT2D eigenvalue weighted by molar-refractivity contribution is 0.194.